The van der Waals surface area contributed by atoms with E-state index in [1.807, 2.05) is 12.1 Å². The van der Waals surface area contributed by atoms with E-state index in [0.29, 0.717) is 5.02 Å². The highest BCUT2D eigenvalue weighted by Crippen LogP contribution is 2.57. The molecule has 1 N–H and O–H groups in total. The Kier molecular flexibility index (Phi) is 15.4. The standard InChI is InChI=1S/C35H23Cl.C29H19Br.C6H5BClO.CH4.B/c36-29-21-19-24(20-22-29)26-11-6-14-28(23-26)35(27-12-2-1-3-13-27)32-17-5-4-15-30(32)31-16-7-9-25-10-8-18-33(35)34(25)31;30-23-14-8-13-22(19-23)29(21-11-2-1-3-12-21)26-17-5-4-15-24(26)25-16-6-9-20-10-7-18-27(29)28(20)25;8-6-3-1-5(7-9)2-4-6;;/h1-23H;1-19H;1-4,9H;1H4;. The highest BCUT2D eigenvalue weighted by molar-refractivity contribution is 9.10. The first kappa shape index (κ1) is 52.7. The van der Waals surface area contributed by atoms with E-state index in [1.165, 1.54) is 93.9 Å². The van der Waals surface area contributed by atoms with Crippen LogP contribution in [0.3, 0.4) is 0 Å². The van der Waals surface area contributed by atoms with Crippen LogP contribution in [0.4, 0.5) is 0 Å². The summed E-state index contributed by atoms with van der Waals surface area (Å²) in [5.41, 5.74) is 17.9. The quantitative estimate of drug-likeness (QED) is 0.165. The first-order valence-electron chi connectivity index (χ1n) is 25.1. The molecule has 2 aliphatic rings. The van der Waals surface area contributed by atoms with Gasteiger partial charge in [-0.1, -0.05) is 289 Å². The zero-order valence-electron chi connectivity index (χ0n) is 41.3. The van der Waals surface area contributed by atoms with Gasteiger partial charge in [-0.25, -0.2) is 0 Å². The summed E-state index contributed by atoms with van der Waals surface area (Å²) in [6, 6.07) is 99.4. The lowest BCUT2D eigenvalue weighted by molar-refractivity contribution is 0.615. The van der Waals surface area contributed by atoms with Gasteiger partial charge in [0.25, 0.3) is 0 Å². The Morgan fingerprint density at radius 3 is 1.19 bits per heavy atom. The monoisotopic (exact) mass is 1090 g/mol. The summed E-state index contributed by atoms with van der Waals surface area (Å²) in [5.74, 6) is 0. The first-order valence-corrected chi connectivity index (χ1v) is 26.7. The molecule has 0 aliphatic heterocycles. The molecule has 2 aliphatic carbocycles. The van der Waals surface area contributed by atoms with Crippen molar-refractivity contribution in [2.24, 2.45) is 0 Å². The van der Waals surface area contributed by atoms with Gasteiger partial charge in [-0.3, -0.25) is 0 Å². The van der Waals surface area contributed by atoms with Crippen LogP contribution in [0.5, 0.6) is 0 Å². The van der Waals surface area contributed by atoms with Crippen LogP contribution in [-0.4, -0.2) is 20.9 Å². The molecule has 0 aromatic heterocycles. The van der Waals surface area contributed by atoms with Gasteiger partial charge in [0.1, 0.15) is 0 Å². The zero-order chi connectivity index (χ0) is 50.9. The van der Waals surface area contributed by atoms with Gasteiger partial charge >= 0.3 is 7.48 Å². The maximum absolute atomic E-state index is 8.46. The summed E-state index contributed by atoms with van der Waals surface area (Å²) < 4.78 is 1.10. The van der Waals surface area contributed by atoms with Gasteiger partial charge < -0.3 is 5.02 Å². The Hall–Kier alpha value is -7.69. The molecule has 14 rings (SSSR count). The van der Waals surface area contributed by atoms with Crippen molar-refractivity contribution in [2.45, 2.75) is 18.3 Å². The Bertz CT molecular complexity index is 4030. The SMILES string of the molecule is Brc1cccc(C2(c3ccccc3)c3ccccc3-c3cccc4cccc2c34)c1.C.Clc1ccc(-c2cccc(C3(c4ccccc4)c4ccccc4-c4cccc5cccc3c45)c2)cc1.O[B]c1ccc(Cl)cc1.[B]. The summed E-state index contributed by atoms with van der Waals surface area (Å²) in [6.07, 6.45) is 0. The summed E-state index contributed by atoms with van der Waals surface area (Å²) in [4.78, 5) is 0. The second kappa shape index (κ2) is 22.5. The molecule has 0 heterocycles. The molecule has 368 valence electrons. The molecule has 0 amide bonds. The van der Waals surface area contributed by atoms with Gasteiger partial charge in [-0.2, -0.15) is 0 Å². The number of fused-ring (bicyclic) bond motifs is 4. The molecule has 2 unspecified atom stereocenters. The molecular weight excluding hydrogens is 1040 g/mol. The Morgan fingerprint density at radius 2 is 0.714 bits per heavy atom. The molecular formula is C71H51B2BrCl2O. The molecule has 6 heteroatoms. The predicted molar refractivity (Wildman–Crippen MR) is 332 cm³/mol. The van der Waals surface area contributed by atoms with Crippen molar-refractivity contribution >= 4 is 82.0 Å². The summed E-state index contributed by atoms with van der Waals surface area (Å²) in [5, 5.41) is 15.1. The maximum atomic E-state index is 8.46. The van der Waals surface area contributed by atoms with Crippen LogP contribution < -0.4 is 5.46 Å². The third-order valence-electron chi connectivity index (χ3n) is 15.0. The summed E-state index contributed by atoms with van der Waals surface area (Å²) >= 11 is 15.5. The van der Waals surface area contributed by atoms with Crippen molar-refractivity contribution in [3.8, 4) is 33.4 Å². The smallest absolute Gasteiger partial charge is 0.326 e. The van der Waals surface area contributed by atoms with Crippen LogP contribution in [0.25, 0.3) is 54.9 Å². The van der Waals surface area contributed by atoms with Crippen molar-refractivity contribution in [3.63, 3.8) is 0 Å². The maximum Gasteiger partial charge on any atom is 0.326 e. The van der Waals surface area contributed by atoms with E-state index in [0.717, 1.165) is 28.0 Å². The van der Waals surface area contributed by atoms with Crippen LogP contribution >= 0.6 is 39.1 Å². The molecule has 2 atom stereocenters. The van der Waals surface area contributed by atoms with E-state index in [2.05, 4.69) is 259 Å². The van der Waals surface area contributed by atoms with Crippen molar-refractivity contribution in [2.75, 3.05) is 0 Å². The number of halogens is 3. The van der Waals surface area contributed by atoms with Crippen LogP contribution in [0.1, 0.15) is 51.9 Å². The molecule has 12 aromatic rings. The molecule has 0 saturated heterocycles. The van der Waals surface area contributed by atoms with Crippen LogP contribution in [0, 0.1) is 0 Å². The highest BCUT2D eigenvalue weighted by Gasteiger charge is 2.45. The van der Waals surface area contributed by atoms with E-state index in [4.69, 9.17) is 28.2 Å². The Morgan fingerprint density at radius 1 is 0.338 bits per heavy atom. The number of benzene rings is 12. The van der Waals surface area contributed by atoms with E-state index < -0.39 is 5.41 Å². The second-order valence-corrected chi connectivity index (χ2v) is 20.8. The molecule has 0 spiro atoms. The zero-order valence-corrected chi connectivity index (χ0v) is 44.4. The number of rotatable bonds is 6. The minimum Gasteiger partial charge on any atom is -0.450 e. The van der Waals surface area contributed by atoms with Gasteiger partial charge in [-0.05, 0) is 142 Å². The first-order chi connectivity index (χ1) is 36.9. The van der Waals surface area contributed by atoms with E-state index >= 15 is 0 Å². The lowest BCUT2D eigenvalue weighted by atomic mass is 9.59. The predicted octanol–water partition coefficient (Wildman–Crippen LogP) is 18.3. The van der Waals surface area contributed by atoms with Gasteiger partial charge in [0.2, 0.25) is 0 Å². The van der Waals surface area contributed by atoms with E-state index in [1.54, 1.807) is 24.3 Å². The van der Waals surface area contributed by atoms with Gasteiger partial charge in [-0.15, -0.1) is 0 Å². The largest absolute Gasteiger partial charge is 0.450 e. The molecule has 77 heavy (non-hydrogen) atoms. The molecule has 12 aromatic carbocycles. The third-order valence-corrected chi connectivity index (χ3v) is 16.0. The van der Waals surface area contributed by atoms with Crippen LogP contribution in [-0.2, 0) is 10.8 Å². The van der Waals surface area contributed by atoms with Gasteiger partial charge in [0.05, 0.1) is 10.8 Å². The number of hydrogen-bond donors (Lipinski definition) is 1. The molecule has 0 saturated carbocycles. The number of hydrogen-bond acceptors (Lipinski definition) is 1. The van der Waals surface area contributed by atoms with E-state index in [-0.39, 0.29) is 21.3 Å². The normalized spacial score (nSPS) is 15.2. The third kappa shape index (κ3) is 9.24. The van der Waals surface area contributed by atoms with E-state index in [9.17, 15) is 0 Å². The van der Waals surface area contributed by atoms with Gasteiger partial charge in [0.15, 0.2) is 0 Å². The Balaban J connectivity index is 0.000000149. The van der Waals surface area contributed by atoms with Crippen molar-refractivity contribution in [1.29, 1.82) is 0 Å². The average molecular weight is 1090 g/mol. The van der Waals surface area contributed by atoms with Crippen molar-refractivity contribution in [3.05, 3.63) is 338 Å². The topological polar surface area (TPSA) is 20.2 Å². The minimum atomic E-state index is -0.450. The molecule has 0 bridgehead atoms. The molecule has 4 radical (unpaired) electrons. The fourth-order valence-electron chi connectivity index (χ4n) is 11.9. The molecule has 0 fully saturated rings. The van der Waals surface area contributed by atoms with Crippen molar-refractivity contribution < 1.29 is 5.02 Å². The lowest BCUT2D eigenvalue weighted by Crippen LogP contribution is -2.33. The van der Waals surface area contributed by atoms with Crippen LogP contribution in [0.15, 0.2) is 284 Å². The Labute approximate surface area is 473 Å². The van der Waals surface area contributed by atoms with Gasteiger partial charge in [0, 0.05) is 22.9 Å². The van der Waals surface area contributed by atoms with Crippen LogP contribution in [0.2, 0.25) is 10.0 Å². The summed E-state index contributed by atoms with van der Waals surface area (Å²) in [7, 11) is 1.04. The second-order valence-electron chi connectivity index (χ2n) is 19.0. The minimum absolute atomic E-state index is 0. The lowest BCUT2D eigenvalue weighted by Gasteiger charge is -2.42. The fraction of sp³-hybridized carbons (Fsp3) is 0.0423. The fourth-order valence-corrected chi connectivity index (χ4v) is 12.6. The summed E-state index contributed by atoms with van der Waals surface area (Å²) in [6.45, 7) is 0. The van der Waals surface area contributed by atoms with Crippen molar-refractivity contribution in [1.82, 2.24) is 0 Å². The molecule has 1 nitrogen and oxygen atoms in total. The average Bonchev–Trinajstić information content (AvgIpc) is 3.63. The highest BCUT2D eigenvalue weighted by atomic mass is 79.9.